The Morgan fingerprint density at radius 2 is 2.10 bits per heavy atom. The fourth-order valence-electron chi connectivity index (χ4n) is 4.23. The predicted molar refractivity (Wildman–Crippen MR) is 119 cm³/mol. The van der Waals surface area contributed by atoms with E-state index in [9.17, 15) is 4.79 Å². The van der Waals surface area contributed by atoms with Gasteiger partial charge in [0.05, 0.1) is 28.4 Å². The van der Waals surface area contributed by atoms with Crippen molar-refractivity contribution in [3.63, 3.8) is 0 Å². The monoisotopic (exact) mass is 420 g/mol. The van der Waals surface area contributed by atoms with Gasteiger partial charge in [-0.15, -0.1) is 0 Å². The number of hydrogen-bond donors (Lipinski definition) is 1. The molecule has 3 heterocycles. The first-order valence-electron chi connectivity index (χ1n) is 11.0. The number of amides is 1. The van der Waals surface area contributed by atoms with Gasteiger partial charge in [0, 0.05) is 25.3 Å². The van der Waals surface area contributed by atoms with Gasteiger partial charge in [-0.2, -0.15) is 5.10 Å². The second-order valence-corrected chi connectivity index (χ2v) is 8.68. The number of carbonyl (C=O) groups is 1. The number of pyridine rings is 1. The Kier molecular flexibility index (Phi) is 5.14. The SMILES string of the molecule is Cc1ccc(NC(=O)c2cc(C3CC3)nc3c2c(C)nn3C)c(OCC2CCCO2)c1. The second-order valence-electron chi connectivity index (χ2n) is 8.68. The number of carbonyl (C=O) groups excluding carboxylic acids is 1. The maximum atomic E-state index is 13.4. The van der Waals surface area contributed by atoms with Crippen molar-refractivity contribution < 1.29 is 14.3 Å². The molecular formula is C24H28N4O3. The van der Waals surface area contributed by atoms with E-state index >= 15 is 0 Å². The third-order valence-corrected chi connectivity index (χ3v) is 6.06. The molecule has 7 nitrogen and oxygen atoms in total. The summed E-state index contributed by atoms with van der Waals surface area (Å²) in [6.07, 6.45) is 4.43. The molecule has 1 aliphatic heterocycles. The van der Waals surface area contributed by atoms with Gasteiger partial charge < -0.3 is 14.8 Å². The molecule has 1 atom stereocenters. The summed E-state index contributed by atoms with van der Waals surface area (Å²) < 4.78 is 13.5. The molecule has 1 saturated carbocycles. The predicted octanol–water partition coefficient (Wildman–Crippen LogP) is 4.27. The summed E-state index contributed by atoms with van der Waals surface area (Å²) in [6.45, 7) is 5.20. The quantitative estimate of drug-likeness (QED) is 0.644. The van der Waals surface area contributed by atoms with Crippen molar-refractivity contribution in [1.29, 1.82) is 0 Å². The number of fused-ring (bicyclic) bond motifs is 1. The van der Waals surface area contributed by atoms with Crippen LogP contribution in [0.1, 0.15) is 58.9 Å². The summed E-state index contributed by atoms with van der Waals surface area (Å²) in [5.41, 5.74) is 4.88. The van der Waals surface area contributed by atoms with Gasteiger partial charge in [0.15, 0.2) is 5.65 Å². The largest absolute Gasteiger partial charge is 0.489 e. The van der Waals surface area contributed by atoms with Crippen LogP contribution in [0.4, 0.5) is 5.69 Å². The molecule has 3 aromatic rings. The zero-order valence-corrected chi connectivity index (χ0v) is 18.3. The number of nitrogens with one attached hydrogen (secondary N) is 1. The molecule has 1 N–H and O–H groups in total. The van der Waals surface area contributed by atoms with E-state index in [0.717, 1.165) is 60.3 Å². The third-order valence-electron chi connectivity index (χ3n) is 6.06. The molecule has 2 aliphatic rings. The van der Waals surface area contributed by atoms with Gasteiger partial charge in [-0.25, -0.2) is 4.98 Å². The van der Waals surface area contributed by atoms with E-state index in [-0.39, 0.29) is 12.0 Å². The number of anilines is 1. The molecule has 0 spiro atoms. The lowest BCUT2D eigenvalue weighted by Gasteiger charge is -2.16. The molecule has 1 unspecified atom stereocenters. The summed E-state index contributed by atoms with van der Waals surface area (Å²) in [7, 11) is 1.87. The van der Waals surface area contributed by atoms with Crippen LogP contribution < -0.4 is 10.1 Å². The molecule has 0 bridgehead atoms. The van der Waals surface area contributed by atoms with E-state index in [4.69, 9.17) is 14.5 Å². The van der Waals surface area contributed by atoms with Crippen molar-refractivity contribution in [2.24, 2.45) is 7.05 Å². The number of aromatic nitrogens is 3. The minimum Gasteiger partial charge on any atom is -0.489 e. The van der Waals surface area contributed by atoms with Gasteiger partial charge in [0.1, 0.15) is 12.4 Å². The van der Waals surface area contributed by atoms with Gasteiger partial charge in [0.25, 0.3) is 5.91 Å². The van der Waals surface area contributed by atoms with Crippen molar-refractivity contribution >= 4 is 22.6 Å². The Hall–Kier alpha value is -2.93. The molecule has 1 aromatic carbocycles. The number of hydrogen-bond acceptors (Lipinski definition) is 5. The van der Waals surface area contributed by atoms with Gasteiger partial charge in [-0.3, -0.25) is 9.48 Å². The maximum absolute atomic E-state index is 13.4. The molecule has 5 rings (SSSR count). The highest BCUT2D eigenvalue weighted by Crippen LogP contribution is 2.40. The molecule has 1 amide bonds. The lowest BCUT2D eigenvalue weighted by atomic mass is 10.1. The number of rotatable bonds is 6. The first kappa shape index (κ1) is 20.0. The van der Waals surface area contributed by atoms with Crippen molar-refractivity contribution in [2.75, 3.05) is 18.5 Å². The van der Waals surface area contributed by atoms with Gasteiger partial charge in [-0.05, 0) is 63.3 Å². The maximum Gasteiger partial charge on any atom is 0.256 e. The molecule has 162 valence electrons. The van der Waals surface area contributed by atoms with Crippen LogP contribution >= 0.6 is 0 Å². The highest BCUT2D eigenvalue weighted by Gasteiger charge is 2.28. The van der Waals surface area contributed by atoms with Crippen LogP contribution in [0.2, 0.25) is 0 Å². The number of aryl methyl sites for hydroxylation is 3. The van der Waals surface area contributed by atoms with Gasteiger partial charge in [0.2, 0.25) is 0 Å². The molecule has 2 fully saturated rings. The first-order chi connectivity index (χ1) is 15.0. The fourth-order valence-corrected chi connectivity index (χ4v) is 4.23. The molecule has 7 heteroatoms. The first-order valence-corrected chi connectivity index (χ1v) is 11.0. The normalized spacial score (nSPS) is 18.5. The van der Waals surface area contributed by atoms with E-state index in [1.165, 1.54) is 0 Å². The molecular weight excluding hydrogens is 392 g/mol. The molecule has 2 aromatic heterocycles. The summed E-state index contributed by atoms with van der Waals surface area (Å²) in [5.74, 6) is 0.937. The van der Waals surface area contributed by atoms with Crippen LogP contribution in [0, 0.1) is 13.8 Å². The molecule has 0 radical (unpaired) electrons. The van der Waals surface area contributed by atoms with Crippen LogP contribution in [0.5, 0.6) is 5.75 Å². The van der Waals surface area contributed by atoms with E-state index in [0.29, 0.717) is 29.5 Å². The highest BCUT2D eigenvalue weighted by atomic mass is 16.5. The van der Waals surface area contributed by atoms with Crippen molar-refractivity contribution in [1.82, 2.24) is 14.8 Å². The average molecular weight is 421 g/mol. The number of ether oxygens (including phenoxy) is 2. The zero-order valence-electron chi connectivity index (χ0n) is 18.3. The lowest BCUT2D eigenvalue weighted by molar-refractivity contribution is 0.0681. The summed E-state index contributed by atoms with van der Waals surface area (Å²) >= 11 is 0. The van der Waals surface area contributed by atoms with Crippen LogP contribution in [0.3, 0.4) is 0 Å². The Morgan fingerprint density at radius 1 is 1.26 bits per heavy atom. The third kappa shape index (κ3) is 4.02. The summed E-state index contributed by atoms with van der Waals surface area (Å²) in [6, 6.07) is 7.76. The van der Waals surface area contributed by atoms with Gasteiger partial charge in [-0.1, -0.05) is 6.07 Å². The van der Waals surface area contributed by atoms with Gasteiger partial charge >= 0.3 is 0 Å². The van der Waals surface area contributed by atoms with Crippen molar-refractivity contribution in [3.8, 4) is 5.75 Å². The number of benzene rings is 1. The Bertz CT molecular complexity index is 1140. The van der Waals surface area contributed by atoms with Crippen LogP contribution in [0.25, 0.3) is 11.0 Å². The number of nitrogens with zero attached hydrogens (tertiary/aromatic N) is 3. The summed E-state index contributed by atoms with van der Waals surface area (Å²) in [4.78, 5) is 18.2. The molecule has 31 heavy (non-hydrogen) atoms. The standard InChI is InChI=1S/C24H28N4O3/c1-14-6-9-19(21(11-14)31-13-17-5-4-10-30-17)26-24(29)18-12-20(16-7-8-16)25-23-22(18)15(2)27-28(23)3/h6,9,11-12,16-17H,4-5,7-8,10,13H2,1-3H3,(H,26,29). The minimum absolute atomic E-state index is 0.114. The van der Waals surface area contributed by atoms with Crippen LogP contribution in [-0.2, 0) is 11.8 Å². The zero-order chi connectivity index (χ0) is 21.5. The molecule has 1 aliphatic carbocycles. The Morgan fingerprint density at radius 3 is 2.84 bits per heavy atom. The smallest absolute Gasteiger partial charge is 0.256 e. The lowest BCUT2D eigenvalue weighted by Crippen LogP contribution is -2.18. The van der Waals surface area contributed by atoms with Crippen molar-refractivity contribution in [3.05, 3.63) is 46.8 Å². The Labute approximate surface area is 181 Å². The average Bonchev–Trinajstić information content (AvgIpc) is 3.40. The Balaban J connectivity index is 1.45. The van der Waals surface area contributed by atoms with E-state index in [2.05, 4.69) is 10.4 Å². The second kappa shape index (κ2) is 7.96. The summed E-state index contributed by atoms with van der Waals surface area (Å²) in [5, 5.41) is 8.38. The topological polar surface area (TPSA) is 78.3 Å². The highest BCUT2D eigenvalue weighted by molar-refractivity contribution is 6.13. The van der Waals surface area contributed by atoms with Crippen LogP contribution in [-0.4, -0.2) is 40.0 Å². The van der Waals surface area contributed by atoms with E-state index < -0.39 is 0 Å². The fraction of sp³-hybridized carbons (Fsp3) is 0.458. The van der Waals surface area contributed by atoms with Crippen molar-refractivity contribution in [2.45, 2.75) is 51.6 Å². The van der Waals surface area contributed by atoms with E-state index in [1.807, 2.05) is 45.2 Å². The molecule has 1 saturated heterocycles. The van der Waals surface area contributed by atoms with E-state index in [1.54, 1.807) is 4.68 Å². The minimum atomic E-state index is -0.170. The van der Waals surface area contributed by atoms with Crippen LogP contribution in [0.15, 0.2) is 24.3 Å².